The molecule has 0 bridgehead atoms. The molecule has 0 unspecified atom stereocenters. The Bertz CT molecular complexity index is 893. The molecule has 1 aromatic heterocycles. The fraction of sp³-hybridized carbons (Fsp3) is 0.500. The Hall–Kier alpha value is -2.93. The van der Waals surface area contributed by atoms with Crippen molar-refractivity contribution in [1.29, 1.82) is 0 Å². The van der Waals surface area contributed by atoms with Gasteiger partial charge in [0, 0.05) is 44.6 Å². The predicted molar refractivity (Wildman–Crippen MR) is 127 cm³/mol. The molecule has 2 saturated heterocycles. The third-order valence-corrected chi connectivity index (χ3v) is 6.65. The van der Waals surface area contributed by atoms with Gasteiger partial charge in [0.05, 0.1) is 5.92 Å². The van der Waals surface area contributed by atoms with Crippen LogP contribution in [-0.2, 0) is 16.1 Å². The van der Waals surface area contributed by atoms with E-state index in [0.29, 0.717) is 25.3 Å². The van der Waals surface area contributed by atoms with Crippen molar-refractivity contribution in [2.45, 2.75) is 44.7 Å². The lowest BCUT2D eigenvalue weighted by atomic mass is 9.88. The lowest BCUT2D eigenvalue weighted by Crippen LogP contribution is -2.58. The monoisotopic (exact) mass is 450 g/mol. The summed E-state index contributed by atoms with van der Waals surface area (Å²) < 4.78 is 5.71. The minimum absolute atomic E-state index is 0.0119. The summed E-state index contributed by atoms with van der Waals surface area (Å²) in [5.74, 6) is 0.656. The first-order valence-electron chi connectivity index (χ1n) is 12.1. The van der Waals surface area contributed by atoms with Gasteiger partial charge in [-0.05, 0) is 55.6 Å². The van der Waals surface area contributed by atoms with Crippen LogP contribution in [0.4, 0.5) is 0 Å². The van der Waals surface area contributed by atoms with Gasteiger partial charge < -0.3 is 15.0 Å². The van der Waals surface area contributed by atoms with Gasteiger partial charge in [0.2, 0.25) is 5.91 Å². The first-order chi connectivity index (χ1) is 16.2. The van der Waals surface area contributed by atoms with Gasteiger partial charge >= 0.3 is 0 Å². The Labute approximate surface area is 196 Å². The van der Waals surface area contributed by atoms with Crippen LogP contribution in [0.3, 0.4) is 0 Å². The summed E-state index contributed by atoms with van der Waals surface area (Å²) in [6.07, 6.45) is 8.67. The molecule has 0 radical (unpaired) electrons. The minimum Gasteiger partial charge on any atom is -0.484 e. The normalized spacial score (nSPS) is 22.5. The number of benzene rings is 1. The van der Waals surface area contributed by atoms with Crippen LogP contribution in [0.5, 0.6) is 5.75 Å². The third-order valence-electron chi connectivity index (χ3n) is 6.65. The Morgan fingerprint density at radius 3 is 2.64 bits per heavy atom. The standard InChI is InChI=1S/C26H34N4O3/c31-25(20-33-22-8-4-3-5-9-22)30-17-12-23-24(19-30)29(18-21-10-14-27-15-11-21)16-7-2-1-6-13-28-26(23)32/h3-5,8-11,14-15,23-24H,1-2,6-7,12-13,16-20H2,(H,28,32)/t23-,24-/m1/s1. The highest BCUT2D eigenvalue weighted by molar-refractivity contribution is 5.81. The van der Waals surface area contributed by atoms with Crippen LogP contribution in [0, 0.1) is 5.92 Å². The lowest BCUT2D eigenvalue weighted by molar-refractivity contribution is -0.140. The molecule has 7 nitrogen and oxygen atoms in total. The molecule has 2 atom stereocenters. The number of carbonyl (C=O) groups is 2. The van der Waals surface area contributed by atoms with Crippen LogP contribution < -0.4 is 10.1 Å². The second-order valence-corrected chi connectivity index (χ2v) is 8.94. The Morgan fingerprint density at radius 2 is 1.82 bits per heavy atom. The summed E-state index contributed by atoms with van der Waals surface area (Å²) >= 11 is 0. The predicted octanol–water partition coefficient (Wildman–Crippen LogP) is 2.87. The quantitative estimate of drug-likeness (QED) is 0.758. The highest BCUT2D eigenvalue weighted by Gasteiger charge is 2.39. The van der Waals surface area contributed by atoms with Gasteiger partial charge in [-0.2, -0.15) is 0 Å². The SMILES string of the molecule is O=C1NCCCCCCN(Cc2ccncc2)[C@@H]2CN(C(=O)COc3ccccc3)CC[C@@H]12. The van der Waals surface area contributed by atoms with Crippen LogP contribution in [0.15, 0.2) is 54.9 Å². The molecule has 1 aromatic carbocycles. The van der Waals surface area contributed by atoms with Crippen LogP contribution in [0.1, 0.15) is 37.7 Å². The first-order valence-corrected chi connectivity index (χ1v) is 12.1. The number of para-hydroxylation sites is 1. The van der Waals surface area contributed by atoms with Gasteiger partial charge in [0.15, 0.2) is 6.61 Å². The number of rotatable bonds is 5. The van der Waals surface area contributed by atoms with Gasteiger partial charge in [-0.1, -0.05) is 31.0 Å². The van der Waals surface area contributed by atoms with Crippen molar-refractivity contribution in [2.75, 3.05) is 32.8 Å². The van der Waals surface area contributed by atoms with E-state index in [1.165, 1.54) is 5.56 Å². The van der Waals surface area contributed by atoms with Crippen LogP contribution in [-0.4, -0.2) is 65.4 Å². The molecule has 0 saturated carbocycles. The average Bonchev–Trinajstić information content (AvgIpc) is 2.89. The molecule has 2 amide bonds. The van der Waals surface area contributed by atoms with Crippen LogP contribution in [0.2, 0.25) is 0 Å². The zero-order chi connectivity index (χ0) is 22.9. The van der Waals surface area contributed by atoms with Gasteiger partial charge in [-0.25, -0.2) is 0 Å². The number of hydrogen-bond acceptors (Lipinski definition) is 5. The minimum atomic E-state index is -0.121. The van der Waals surface area contributed by atoms with Gasteiger partial charge in [0.1, 0.15) is 5.75 Å². The van der Waals surface area contributed by atoms with E-state index in [1.54, 1.807) is 0 Å². The smallest absolute Gasteiger partial charge is 0.260 e. The molecule has 3 heterocycles. The fourth-order valence-electron chi connectivity index (χ4n) is 4.81. The summed E-state index contributed by atoms with van der Waals surface area (Å²) in [4.78, 5) is 34.5. The molecule has 2 fully saturated rings. The molecule has 4 rings (SSSR count). The Kier molecular flexibility index (Phi) is 8.30. The second kappa shape index (κ2) is 11.8. The van der Waals surface area contributed by atoms with Crippen LogP contribution in [0.25, 0.3) is 0 Å². The molecular weight excluding hydrogens is 416 g/mol. The number of nitrogens with zero attached hydrogens (tertiary/aromatic N) is 3. The van der Waals surface area contributed by atoms with E-state index in [-0.39, 0.29) is 30.4 Å². The largest absolute Gasteiger partial charge is 0.484 e. The van der Waals surface area contributed by atoms with Gasteiger partial charge in [0.25, 0.3) is 5.91 Å². The number of fused-ring (bicyclic) bond motifs is 1. The van der Waals surface area contributed by atoms with Crippen LogP contribution >= 0.6 is 0 Å². The molecule has 2 aromatic rings. The van der Waals surface area contributed by atoms with Crippen molar-refractivity contribution >= 4 is 11.8 Å². The van der Waals surface area contributed by atoms with E-state index >= 15 is 0 Å². The number of likely N-dealkylation sites (tertiary alicyclic amines) is 1. The second-order valence-electron chi connectivity index (χ2n) is 8.94. The molecule has 0 spiro atoms. The highest BCUT2D eigenvalue weighted by Crippen LogP contribution is 2.26. The molecule has 2 aliphatic rings. The lowest BCUT2D eigenvalue weighted by Gasteiger charge is -2.43. The molecular formula is C26H34N4O3. The van der Waals surface area contributed by atoms with Crippen molar-refractivity contribution in [2.24, 2.45) is 5.92 Å². The number of carbonyl (C=O) groups excluding carboxylic acids is 2. The number of nitrogens with one attached hydrogen (secondary N) is 1. The fourth-order valence-corrected chi connectivity index (χ4v) is 4.81. The number of aromatic nitrogens is 1. The molecule has 0 aliphatic carbocycles. The van der Waals surface area contributed by atoms with Crippen molar-refractivity contribution in [1.82, 2.24) is 20.1 Å². The van der Waals surface area contributed by atoms with Gasteiger partial charge in [-0.15, -0.1) is 0 Å². The number of piperidine rings is 1. The first kappa shape index (κ1) is 23.2. The maximum Gasteiger partial charge on any atom is 0.260 e. The Balaban J connectivity index is 1.49. The number of amides is 2. The molecule has 1 N–H and O–H groups in total. The summed E-state index contributed by atoms with van der Waals surface area (Å²) in [5.41, 5.74) is 1.18. The van der Waals surface area contributed by atoms with Crippen molar-refractivity contribution < 1.29 is 14.3 Å². The van der Waals surface area contributed by atoms with Crippen molar-refractivity contribution in [3.8, 4) is 5.75 Å². The van der Waals surface area contributed by atoms with Crippen molar-refractivity contribution in [3.05, 3.63) is 60.4 Å². The highest BCUT2D eigenvalue weighted by atomic mass is 16.5. The van der Waals surface area contributed by atoms with E-state index in [9.17, 15) is 9.59 Å². The molecule has 176 valence electrons. The van der Waals surface area contributed by atoms with Crippen molar-refractivity contribution in [3.63, 3.8) is 0 Å². The Morgan fingerprint density at radius 1 is 1.03 bits per heavy atom. The van der Waals surface area contributed by atoms with E-state index < -0.39 is 0 Å². The summed E-state index contributed by atoms with van der Waals surface area (Å²) in [5, 5.41) is 3.15. The average molecular weight is 451 g/mol. The molecule has 33 heavy (non-hydrogen) atoms. The van der Waals surface area contributed by atoms with E-state index in [4.69, 9.17) is 4.74 Å². The molecule has 7 heteroatoms. The number of hydrogen-bond donors (Lipinski definition) is 1. The summed E-state index contributed by atoms with van der Waals surface area (Å²) in [6.45, 7) is 3.53. The maximum absolute atomic E-state index is 13.1. The van der Waals surface area contributed by atoms with E-state index in [1.807, 2.05) is 59.8 Å². The summed E-state index contributed by atoms with van der Waals surface area (Å²) in [7, 11) is 0. The maximum atomic E-state index is 13.1. The van der Waals surface area contributed by atoms with E-state index in [2.05, 4.69) is 15.2 Å². The number of pyridine rings is 1. The molecule has 2 aliphatic heterocycles. The zero-order valence-electron chi connectivity index (χ0n) is 19.2. The van der Waals surface area contributed by atoms with Gasteiger partial charge in [-0.3, -0.25) is 19.5 Å². The third kappa shape index (κ3) is 6.54. The summed E-state index contributed by atoms with van der Waals surface area (Å²) in [6, 6.07) is 13.4. The number of ether oxygens (including phenoxy) is 1. The topological polar surface area (TPSA) is 74.8 Å². The zero-order valence-corrected chi connectivity index (χ0v) is 19.2. The van der Waals surface area contributed by atoms with E-state index in [0.717, 1.165) is 45.3 Å².